The van der Waals surface area contributed by atoms with E-state index in [1.165, 1.54) is 0 Å². The van der Waals surface area contributed by atoms with Crippen molar-refractivity contribution in [2.45, 2.75) is 32.6 Å². The first-order valence-corrected chi connectivity index (χ1v) is 8.55. The van der Waals surface area contributed by atoms with Crippen LogP contribution in [0, 0.1) is 5.92 Å². The molecule has 2 saturated heterocycles. The van der Waals surface area contributed by atoms with Gasteiger partial charge in [0.25, 0.3) is 0 Å². The van der Waals surface area contributed by atoms with Crippen LogP contribution < -0.4 is 5.32 Å². The zero-order valence-corrected chi connectivity index (χ0v) is 16.8. The van der Waals surface area contributed by atoms with Crippen molar-refractivity contribution < 1.29 is 9.53 Å². The lowest BCUT2D eigenvalue weighted by molar-refractivity contribution is -0.129. The Balaban J connectivity index is 0.00000264. The number of likely N-dealkylation sites (tertiary alicyclic amines) is 1. The van der Waals surface area contributed by atoms with Crippen molar-refractivity contribution in [2.24, 2.45) is 10.9 Å². The van der Waals surface area contributed by atoms with E-state index in [1.54, 1.807) is 0 Å². The topological polar surface area (TPSA) is 57.2 Å². The molecule has 134 valence electrons. The van der Waals surface area contributed by atoms with Crippen LogP contribution in [0.4, 0.5) is 0 Å². The largest absolute Gasteiger partial charge is 0.381 e. The number of aliphatic imine (C=N–C) groups is 1. The Hall–Kier alpha value is -0.570. The molecule has 0 aromatic heterocycles. The van der Waals surface area contributed by atoms with Crippen LogP contribution >= 0.6 is 24.0 Å². The van der Waals surface area contributed by atoms with Gasteiger partial charge in [-0.2, -0.15) is 0 Å². The second-order valence-corrected chi connectivity index (χ2v) is 6.18. The molecule has 1 N–H and O–H groups in total. The molecule has 2 heterocycles. The van der Waals surface area contributed by atoms with Crippen molar-refractivity contribution >= 4 is 35.8 Å². The van der Waals surface area contributed by atoms with Gasteiger partial charge in [-0.25, -0.2) is 0 Å². The van der Waals surface area contributed by atoms with Crippen molar-refractivity contribution in [3.63, 3.8) is 0 Å². The fourth-order valence-corrected chi connectivity index (χ4v) is 3.05. The smallest absolute Gasteiger partial charge is 0.224 e. The summed E-state index contributed by atoms with van der Waals surface area (Å²) in [4.78, 5) is 20.8. The number of hydrogen-bond donors (Lipinski definition) is 1. The van der Waals surface area contributed by atoms with Gasteiger partial charge < -0.3 is 19.9 Å². The third-order valence-corrected chi connectivity index (χ3v) is 4.30. The van der Waals surface area contributed by atoms with E-state index in [2.05, 4.69) is 29.2 Å². The van der Waals surface area contributed by atoms with Gasteiger partial charge in [0.2, 0.25) is 5.91 Å². The van der Waals surface area contributed by atoms with Crippen LogP contribution in [-0.2, 0) is 9.53 Å². The average Bonchev–Trinajstić information content (AvgIpc) is 3.19. The first-order valence-electron chi connectivity index (χ1n) is 8.55. The lowest BCUT2D eigenvalue weighted by atomic mass is 10.1. The van der Waals surface area contributed by atoms with Gasteiger partial charge in [0, 0.05) is 52.2 Å². The summed E-state index contributed by atoms with van der Waals surface area (Å²) in [6.45, 7) is 7.97. The van der Waals surface area contributed by atoms with Gasteiger partial charge in [-0.3, -0.25) is 9.79 Å². The number of nitrogens with one attached hydrogen (secondary N) is 1. The molecule has 1 amide bonds. The Morgan fingerprint density at radius 2 is 2.13 bits per heavy atom. The number of amides is 1. The molecule has 2 aliphatic heterocycles. The highest BCUT2D eigenvalue weighted by Gasteiger charge is 2.20. The number of halogens is 1. The molecule has 2 aliphatic rings. The third kappa shape index (κ3) is 6.82. The molecule has 0 spiro atoms. The SMILES string of the molecule is CCNC(=NCCC(=O)N1CCCC1)N(C)CC1CCOC1.I. The van der Waals surface area contributed by atoms with Crippen molar-refractivity contribution in [3.8, 4) is 0 Å². The first-order chi connectivity index (χ1) is 10.7. The van der Waals surface area contributed by atoms with Gasteiger partial charge in [0.05, 0.1) is 13.2 Å². The summed E-state index contributed by atoms with van der Waals surface area (Å²) in [5, 5.41) is 3.31. The molecule has 0 aliphatic carbocycles. The molecule has 0 aromatic carbocycles. The predicted molar refractivity (Wildman–Crippen MR) is 103 cm³/mol. The summed E-state index contributed by atoms with van der Waals surface area (Å²) < 4.78 is 5.43. The van der Waals surface area contributed by atoms with E-state index in [4.69, 9.17) is 4.74 Å². The van der Waals surface area contributed by atoms with Crippen LogP contribution in [0.5, 0.6) is 0 Å². The molecule has 0 aromatic rings. The van der Waals surface area contributed by atoms with E-state index in [0.717, 1.165) is 64.6 Å². The molecule has 1 unspecified atom stereocenters. The minimum absolute atomic E-state index is 0. The second kappa shape index (κ2) is 11.1. The van der Waals surface area contributed by atoms with Crippen molar-refractivity contribution in [1.82, 2.24) is 15.1 Å². The zero-order valence-electron chi connectivity index (χ0n) is 14.4. The summed E-state index contributed by atoms with van der Waals surface area (Å²) in [5.41, 5.74) is 0. The van der Waals surface area contributed by atoms with E-state index >= 15 is 0 Å². The first kappa shape index (κ1) is 20.5. The lowest BCUT2D eigenvalue weighted by Gasteiger charge is -2.24. The van der Waals surface area contributed by atoms with E-state index in [0.29, 0.717) is 18.9 Å². The standard InChI is InChI=1S/C16H30N4O2.HI/c1-3-17-16(19(2)12-14-7-11-22-13-14)18-8-6-15(21)20-9-4-5-10-20;/h14H,3-13H2,1-2H3,(H,17,18);1H. The summed E-state index contributed by atoms with van der Waals surface area (Å²) in [6, 6.07) is 0. The maximum atomic E-state index is 12.0. The van der Waals surface area contributed by atoms with Crippen LogP contribution in [0.3, 0.4) is 0 Å². The number of carbonyl (C=O) groups is 1. The Morgan fingerprint density at radius 1 is 1.39 bits per heavy atom. The van der Waals surface area contributed by atoms with Crippen molar-refractivity contribution in [2.75, 3.05) is 53.0 Å². The molecule has 0 saturated carbocycles. The summed E-state index contributed by atoms with van der Waals surface area (Å²) in [6.07, 6.45) is 3.92. The van der Waals surface area contributed by atoms with Crippen LogP contribution in [0.2, 0.25) is 0 Å². The number of rotatable bonds is 6. The Bertz CT molecular complexity index is 380. The van der Waals surface area contributed by atoms with Gasteiger partial charge >= 0.3 is 0 Å². The van der Waals surface area contributed by atoms with Crippen LogP contribution in [0.1, 0.15) is 32.6 Å². The highest BCUT2D eigenvalue weighted by Crippen LogP contribution is 2.13. The number of carbonyl (C=O) groups excluding carboxylic acids is 1. The monoisotopic (exact) mass is 438 g/mol. The second-order valence-electron chi connectivity index (χ2n) is 6.18. The zero-order chi connectivity index (χ0) is 15.8. The fraction of sp³-hybridized carbons (Fsp3) is 0.875. The molecule has 6 nitrogen and oxygen atoms in total. The lowest BCUT2D eigenvalue weighted by Crippen LogP contribution is -2.41. The maximum Gasteiger partial charge on any atom is 0.224 e. The molecular formula is C16H31IN4O2. The number of ether oxygens (including phenoxy) is 1. The number of nitrogens with zero attached hydrogens (tertiary/aromatic N) is 3. The average molecular weight is 438 g/mol. The van der Waals surface area contributed by atoms with E-state index in [-0.39, 0.29) is 29.9 Å². The minimum atomic E-state index is 0. The van der Waals surface area contributed by atoms with Crippen molar-refractivity contribution in [3.05, 3.63) is 0 Å². The highest BCUT2D eigenvalue weighted by atomic mass is 127. The Kier molecular flexibility index (Phi) is 9.85. The van der Waals surface area contributed by atoms with Gasteiger partial charge in [-0.15, -0.1) is 24.0 Å². The summed E-state index contributed by atoms with van der Waals surface area (Å²) in [5.74, 6) is 1.72. The van der Waals surface area contributed by atoms with Gasteiger partial charge in [0.15, 0.2) is 5.96 Å². The van der Waals surface area contributed by atoms with Crippen molar-refractivity contribution in [1.29, 1.82) is 0 Å². The molecule has 2 fully saturated rings. The highest BCUT2D eigenvalue weighted by molar-refractivity contribution is 14.0. The van der Waals surface area contributed by atoms with Crippen LogP contribution in [-0.4, -0.2) is 74.7 Å². The summed E-state index contributed by atoms with van der Waals surface area (Å²) >= 11 is 0. The molecule has 1 atom stereocenters. The molecule has 2 rings (SSSR count). The molecule has 23 heavy (non-hydrogen) atoms. The predicted octanol–water partition coefficient (Wildman–Crippen LogP) is 1.55. The Labute approximate surface area is 157 Å². The van der Waals surface area contributed by atoms with E-state index < -0.39 is 0 Å². The van der Waals surface area contributed by atoms with Gasteiger partial charge in [-0.05, 0) is 26.2 Å². The van der Waals surface area contributed by atoms with E-state index in [9.17, 15) is 4.79 Å². The molecular weight excluding hydrogens is 407 g/mol. The van der Waals surface area contributed by atoms with Gasteiger partial charge in [0.1, 0.15) is 0 Å². The minimum Gasteiger partial charge on any atom is -0.381 e. The quantitative estimate of drug-likeness (QED) is 0.389. The number of guanidine groups is 1. The fourth-order valence-electron chi connectivity index (χ4n) is 3.05. The van der Waals surface area contributed by atoms with Gasteiger partial charge in [-0.1, -0.05) is 0 Å². The third-order valence-electron chi connectivity index (χ3n) is 4.30. The van der Waals surface area contributed by atoms with Crippen LogP contribution in [0.25, 0.3) is 0 Å². The normalized spacial score (nSPS) is 21.2. The summed E-state index contributed by atoms with van der Waals surface area (Å²) in [7, 11) is 2.06. The van der Waals surface area contributed by atoms with E-state index in [1.807, 2.05) is 4.90 Å². The number of hydrogen-bond acceptors (Lipinski definition) is 3. The molecule has 7 heteroatoms. The molecule has 0 bridgehead atoms. The maximum absolute atomic E-state index is 12.0. The molecule has 0 radical (unpaired) electrons. The van der Waals surface area contributed by atoms with Crippen LogP contribution in [0.15, 0.2) is 4.99 Å². The Morgan fingerprint density at radius 3 is 2.74 bits per heavy atom.